The van der Waals surface area contributed by atoms with Gasteiger partial charge in [-0.05, 0) is 92.2 Å². The first-order chi connectivity index (χ1) is 20.1. The maximum absolute atomic E-state index is 13.9. The van der Waals surface area contributed by atoms with Gasteiger partial charge in [-0.1, -0.05) is 75.2 Å². The Balaban J connectivity index is 0.000000240. The average molecular weight is 587 g/mol. The molecule has 0 amide bonds. The summed E-state index contributed by atoms with van der Waals surface area (Å²) in [6.07, 6.45) is 11.0. The predicted molar refractivity (Wildman–Crippen MR) is 165 cm³/mol. The molecule has 1 fully saturated rings. The van der Waals surface area contributed by atoms with E-state index in [1.807, 2.05) is 6.08 Å². The number of hydrogen-bond donors (Lipinski definition) is 2. The van der Waals surface area contributed by atoms with Gasteiger partial charge < -0.3 is 10.2 Å². The summed E-state index contributed by atoms with van der Waals surface area (Å²) in [5, 5.41) is 18.2. The number of phenolic OH excluding ortho intramolecular Hbond substituents is 1. The van der Waals surface area contributed by atoms with Gasteiger partial charge in [-0.2, -0.15) is 0 Å². The van der Waals surface area contributed by atoms with Gasteiger partial charge in [-0.15, -0.1) is 6.58 Å². The molecule has 3 aromatic carbocycles. The average Bonchev–Trinajstić information content (AvgIpc) is 2.98. The van der Waals surface area contributed by atoms with Crippen LogP contribution in [-0.2, 0) is 19.3 Å². The molecule has 2 nitrogen and oxygen atoms in total. The summed E-state index contributed by atoms with van der Waals surface area (Å²) in [6.45, 7) is 9.43. The maximum Gasteiger partial charge on any atom is 0.166 e. The molecule has 1 saturated carbocycles. The van der Waals surface area contributed by atoms with Crippen molar-refractivity contribution in [2.75, 3.05) is 0 Å². The Morgan fingerprint density at radius 3 is 2.02 bits per heavy atom. The molecule has 1 aliphatic carbocycles. The summed E-state index contributed by atoms with van der Waals surface area (Å²) in [7, 11) is 0. The van der Waals surface area contributed by atoms with Crippen LogP contribution in [-0.4, -0.2) is 22.5 Å². The minimum atomic E-state index is -1.29. The number of hydrogen-bond acceptors (Lipinski definition) is 2. The third-order valence-electron chi connectivity index (χ3n) is 7.51. The minimum Gasteiger partial charge on any atom is -0.505 e. The number of halogens is 4. The van der Waals surface area contributed by atoms with Gasteiger partial charge in [0.2, 0.25) is 0 Å². The lowest BCUT2D eigenvalue weighted by Crippen LogP contribution is -2.17. The van der Waals surface area contributed by atoms with Crippen molar-refractivity contribution in [2.45, 2.75) is 97.3 Å². The molecule has 2 N–H and O–H groups in total. The molecule has 4 rings (SSSR count). The zero-order valence-corrected chi connectivity index (χ0v) is 25.2. The summed E-state index contributed by atoms with van der Waals surface area (Å²) >= 11 is 0. The first-order valence-corrected chi connectivity index (χ1v) is 15.1. The molecule has 3 aromatic rings. The van der Waals surface area contributed by atoms with Crippen LogP contribution in [0.5, 0.6) is 5.75 Å². The first kappa shape index (κ1) is 35.1. The van der Waals surface area contributed by atoms with Crippen molar-refractivity contribution >= 4 is 0 Å². The fraction of sp³-hybridized carbons (Fsp3) is 0.444. The normalized spacial score (nSPS) is 16.9. The smallest absolute Gasteiger partial charge is 0.166 e. The highest BCUT2D eigenvalue weighted by atomic mass is 19.2. The van der Waals surface area contributed by atoms with E-state index in [0.29, 0.717) is 0 Å². The number of rotatable bonds is 9. The molecule has 0 aliphatic heterocycles. The standard InChI is InChI=1S/C15H12F4O.C13H18.C8H16O/c1-8(16)6-10-2-4-11(15(19)14(10)18)9-3-5-13(20)12(17)7-9;1-3-5-7-13-10-8-12(6-4-2)9-11-13;1-2-7-3-5-8(9)6-4-7/h2-5,7-8,20H,6H2,1H3;3,8-11H,1,4-7H2,2H3;7-9H,2-6H2,1H3. The number of aliphatic hydroxyl groups is 1. The predicted octanol–water partition coefficient (Wildman–Crippen LogP) is 10.1. The Morgan fingerprint density at radius 1 is 0.881 bits per heavy atom. The van der Waals surface area contributed by atoms with Crippen LogP contribution in [0.25, 0.3) is 11.1 Å². The van der Waals surface area contributed by atoms with Crippen LogP contribution in [0.4, 0.5) is 17.6 Å². The van der Waals surface area contributed by atoms with Crippen LogP contribution in [0.2, 0.25) is 0 Å². The molecule has 0 radical (unpaired) electrons. The quantitative estimate of drug-likeness (QED) is 0.193. The van der Waals surface area contributed by atoms with Crippen molar-refractivity contribution in [1.82, 2.24) is 0 Å². The van der Waals surface area contributed by atoms with Gasteiger partial charge in [-0.25, -0.2) is 17.6 Å². The lowest BCUT2D eigenvalue weighted by Gasteiger charge is -2.23. The largest absolute Gasteiger partial charge is 0.505 e. The van der Waals surface area contributed by atoms with Gasteiger partial charge in [0.15, 0.2) is 23.2 Å². The van der Waals surface area contributed by atoms with Crippen molar-refractivity contribution in [3.05, 3.63) is 101 Å². The molecule has 1 aliphatic rings. The van der Waals surface area contributed by atoms with Crippen molar-refractivity contribution in [3.63, 3.8) is 0 Å². The molecular formula is C36H46F4O2. The van der Waals surface area contributed by atoms with Crippen molar-refractivity contribution in [3.8, 4) is 16.9 Å². The molecular weight excluding hydrogens is 540 g/mol. The van der Waals surface area contributed by atoms with Gasteiger partial charge in [0, 0.05) is 12.0 Å². The lowest BCUT2D eigenvalue weighted by molar-refractivity contribution is 0.108. The van der Waals surface area contributed by atoms with E-state index in [1.54, 1.807) is 0 Å². The Hall–Kier alpha value is -3.12. The van der Waals surface area contributed by atoms with E-state index in [1.165, 1.54) is 68.4 Å². The third kappa shape index (κ3) is 11.6. The second-order valence-corrected chi connectivity index (χ2v) is 11.0. The summed E-state index contributed by atoms with van der Waals surface area (Å²) < 4.78 is 53.8. The van der Waals surface area contributed by atoms with E-state index in [0.717, 1.165) is 43.7 Å². The Morgan fingerprint density at radius 2 is 1.50 bits per heavy atom. The Labute approximate surface area is 249 Å². The van der Waals surface area contributed by atoms with Gasteiger partial charge in [0.05, 0.1) is 6.10 Å². The minimum absolute atomic E-state index is 0.0211. The highest BCUT2D eigenvalue weighted by Gasteiger charge is 2.18. The highest BCUT2D eigenvalue weighted by Crippen LogP contribution is 2.30. The van der Waals surface area contributed by atoms with Crippen LogP contribution in [0.3, 0.4) is 0 Å². The number of aryl methyl sites for hydroxylation is 2. The van der Waals surface area contributed by atoms with E-state index < -0.39 is 29.4 Å². The summed E-state index contributed by atoms with van der Waals surface area (Å²) in [5.41, 5.74) is 2.75. The molecule has 1 unspecified atom stereocenters. The van der Waals surface area contributed by atoms with Gasteiger partial charge >= 0.3 is 0 Å². The van der Waals surface area contributed by atoms with Crippen molar-refractivity contribution in [2.24, 2.45) is 5.92 Å². The van der Waals surface area contributed by atoms with Crippen LogP contribution < -0.4 is 0 Å². The number of benzene rings is 3. The zero-order valence-electron chi connectivity index (χ0n) is 25.2. The lowest BCUT2D eigenvalue weighted by atomic mass is 9.86. The first-order valence-electron chi connectivity index (χ1n) is 15.1. The Kier molecular flexibility index (Phi) is 15.4. The monoisotopic (exact) mass is 586 g/mol. The van der Waals surface area contributed by atoms with Crippen LogP contribution >= 0.6 is 0 Å². The number of alkyl halides is 1. The number of aliphatic hydroxyl groups excluding tert-OH is 1. The van der Waals surface area contributed by atoms with Gasteiger partial charge in [0.1, 0.15) is 6.17 Å². The fourth-order valence-corrected chi connectivity index (χ4v) is 4.93. The molecule has 230 valence electrons. The van der Waals surface area contributed by atoms with E-state index in [-0.39, 0.29) is 29.2 Å². The molecule has 0 aromatic heterocycles. The second-order valence-electron chi connectivity index (χ2n) is 11.0. The van der Waals surface area contributed by atoms with Gasteiger partial charge in [0.25, 0.3) is 0 Å². The van der Waals surface area contributed by atoms with E-state index in [2.05, 4.69) is 44.7 Å². The highest BCUT2D eigenvalue weighted by molar-refractivity contribution is 5.65. The van der Waals surface area contributed by atoms with Crippen LogP contribution in [0.1, 0.15) is 82.4 Å². The molecule has 0 bridgehead atoms. The summed E-state index contributed by atoms with van der Waals surface area (Å²) in [6, 6.07) is 14.7. The zero-order chi connectivity index (χ0) is 31.1. The molecule has 0 heterocycles. The fourth-order valence-electron chi connectivity index (χ4n) is 4.93. The van der Waals surface area contributed by atoms with Crippen LogP contribution in [0, 0.1) is 23.4 Å². The molecule has 1 atom stereocenters. The Bertz CT molecular complexity index is 1220. The van der Waals surface area contributed by atoms with Crippen molar-refractivity contribution in [1.29, 1.82) is 0 Å². The number of aromatic hydroxyl groups is 1. The summed E-state index contributed by atoms with van der Waals surface area (Å²) in [5.74, 6) is -2.89. The SMILES string of the molecule is C=CCCc1ccc(CCC)cc1.CC(F)Cc1ccc(-c2ccc(O)c(F)c2)c(F)c1F.CCC1CCC(O)CC1. The molecule has 0 spiro atoms. The van der Waals surface area contributed by atoms with E-state index in [4.69, 9.17) is 10.2 Å². The molecule has 42 heavy (non-hydrogen) atoms. The maximum atomic E-state index is 13.9. The van der Waals surface area contributed by atoms with Crippen LogP contribution in [0.15, 0.2) is 67.3 Å². The molecule has 6 heteroatoms. The number of phenols is 1. The van der Waals surface area contributed by atoms with Crippen molar-refractivity contribution < 1.29 is 27.8 Å². The topological polar surface area (TPSA) is 40.5 Å². The van der Waals surface area contributed by atoms with E-state index in [9.17, 15) is 17.6 Å². The summed E-state index contributed by atoms with van der Waals surface area (Å²) in [4.78, 5) is 0. The third-order valence-corrected chi connectivity index (χ3v) is 7.51. The van der Waals surface area contributed by atoms with Gasteiger partial charge in [-0.3, -0.25) is 0 Å². The number of allylic oxidation sites excluding steroid dienone is 1. The second kappa shape index (κ2) is 18.4. The van der Waals surface area contributed by atoms with E-state index >= 15 is 0 Å². The molecule has 0 saturated heterocycles.